The zero-order chi connectivity index (χ0) is 16.2. The number of carbonyl (C=O) groups is 1. The third-order valence-corrected chi connectivity index (χ3v) is 4.71. The topological polar surface area (TPSA) is 48.9 Å². The van der Waals surface area contributed by atoms with Crippen LogP contribution in [0.15, 0.2) is 24.4 Å². The zero-order valence-electron chi connectivity index (χ0n) is 14.0. The lowest BCUT2D eigenvalue weighted by atomic mass is 10.1. The van der Waals surface area contributed by atoms with Crippen molar-refractivity contribution in [1.82, 2.24) is 19.7 Å². The molecule has 0 spiro atoms. The number of hydrogen-bond acceptors (Lipinski definition) is 5. The van der Waals surface area contributed by atoms with E-state index in [1.54, 1.807) is 19.0 Å². The second kappa shape index (κ2) is 7.38. The standard InChI is InChI=1S/C17H26N4O2/c1-19(2)17(22)13-23-16-9-15-11-20(7-8-21(15)12-16)10-14-5-3-4-6-18-14/h3-6,15-16H,7-13H2,1-2H3/t15-,16+/m0/s1. The molecule has 3 rings (SSSR count). The zero-order valence-corrected chi connectivity index (χ0v) is 14.0. The van der Waals surface area contributed by atoms with Gasteiger partial charge in [0.2, 0.25) is 5.91 Å². The summed E-state index contributed by atoms with van der Waals surface area (Å²) >= 11 is 0. The Balaban J connectivity index is 1.47. The van der Waals surface area contributed by atoms with Gasteiger partial charge in [0.1, 0.15) is 6.61 Å². The van der Waals surface area contributed by atoms with Gasteiger partial charge in [-0.2, -0.15) is 0 Å². The molecule has 6 heteroatoms. The van der Waals surface area contributed by atoms with Crippen LogP contribution in [0, 0.1) is 0 Å². The van der Waals surface area contributed by atoms with Crippen molar-refractivity contribution in [2.45, 2.75) is 25.1 Å². The van der Waals surface area contributed by atoms with E-state index >= 15 is 0 Å². The summed E-state index contributed by atoms with van der Waals surface area (Å²) in [4.78, 5) is 22.6. The Morgan fingerprint density at radius 3 is 2.96 bits per heavy atom. The van der Waals surface area contributed by atoms with Gasteiger partial charge in [0.25, 0.3) is 0 Å². The summed E-state index contributed by atoms with van der Waals surface area (Å²) in [5, 5.41) is 0. The van der Waals surface area contributed by atoms with Crippen LogP contribution in [0.25, 0.3) is 0 Å². The lowest BCUT2D eigenvalue weighted by Gasteiger charge is -2.37. The third kappa shape index (κ3) is 4.28. The van der Waals surface area contributed by atoms with Crippen LogP contribution in [-0.4, -0.2) is 84.6 Å². The Bertz CT molecular complexity index is 523. The van der Waals surface area contributed by atoms with Crippen molar-refractivity contribution in [2.75, 3.05) is 46.9 Å². The molecule has 126 valence electrons. The number of nitrogens with zero attached hydrogens (tertiary/aromatic N) is 4. The van der Waals surface area contributed by atoms with E-state index in [0.29, 0.717) is 6.04 Å². The molecule has 23 heavy (non-hydrogen) atoms. The predicted molar refractivity (Wildman–Crippen MR) is 87.9 cm³/mol. The van der Waals surface area contributed by atoms with Gasteiger partial charge < -0.3 is 9.64 Å². The second-order valence-electron chi connectivity index (χ2n) is 6.66. The predicted octanol–water partition coefficient (Wildman–Crippen LogP) is 0.445. The highest BCUT2D eigenvalue weighted by Crippen LogP contribution is 2.24. The molecule has 1 aromatic rings. The molecule has 2 atom stereocenters. The summed E-state index contributed by atoms with van der Waals surface area (Å²) in [6, 6.07) is 6.61. The number of likely N-dealkylation sites (N-methyl/N-ethyl adjacent to an activating group) is 1. The van der Waals surface area contributed by atoms with Crippen LogP contribution in [0.5, 0.6) is 0 Å². The molecule has 3 heterocycles. The highest BCUT2D eigenvalue weighted by molar-refractivity contribution is 5.76. The molecule has 0 unspecified atom stereocenters. The van der Waals surface area contributed by atoms with Gasteiger partial charge in [0, 0.05) is 59.1 Å². The van der Waals surface area contributed by atoms with Crippen molar-refractivity contribution in [3.05, 3.63) is 30.1 Å². The number of rotatable bonds is 5. The van der Waals surface area contributed by atoms with Crippen LogP contribution in [0.1, 0.15) is 12.1 Å². The molecule has 2 saturated heterocycles. The average Bonchev–Trinajstić information content (AvgIpc) is 2.95. The van der Waals surface area contributed by atoms with Crippen molar-refractivity contribution in [3.8, 4) is 0 Å². The van der Waals surface area contributed by atoms with Crippen molar-refractivity contribution in [2.24, 2.45) is 0 Å². The maximum absolute atomic E-state index is 11.6. The first-order valence-corrected chi connectivity index (χ1v) is 8.30. The number of piperazine rings is 1. The minimum atomic E-state index is 0.0339. The van der Waals surface area contributed by atoms with Gasteiger partial charge >= 0.3 is 0 Å². The van der Waals surface area contributed by atoms with Gasteiger partial charge in [0.05, 0.1) is 11.8 Å². The molecule has 0 aromatic carbocycles. The summed E-state index contributed by atoms with van der Waals surface area (Å²) in [5.41, 5.74) is 1.13. The lowest BCUT2D eigenvalue weighted by molar-refractivity contribution is -0.135. The Kier molecular flexibility index (Phi) is 5.25. The van der Waals surface area contributed by atoms with E-state index < -0.39 is 0 Å². The molecule has 0 bridgehead atoms. The summed E-state index contributed by atoms with van der Waals surface area (Å²) in [6.45, 7) is 5.24. The number of fused-ring (bicyclic) bond motifs is 1. The van der Waals surface area contributed by atoms with Gasteiger partial charge in [-0.1, -0.05) is 6.07 Å². The normalized spacial score (nSPS) is 25.3. The van der Waals surface area contributed by atoms with E-state index in [9.17, 15) is 4.79 Å². The van der Waals surface area contributed by atoms with Crippen LogP contribution in [0.3, 0.4) is 0 Å². The van der Waals surface area contributed by atoms with Crippen molar-refractivity contribution in [3.63, 3.8) is 0 Å². The quantitative estimate of drug-likeness (QED) is 0.789. The van der Waals surface area contributed by atoms with Gasteiger partial charge in [0.15, 0.2) is 0 Å². The first-order chi connectivity index (χ1) is 11.1. The molecule has 1 amide bonds. The summed E-state index contributed by atoms with van der Waals surface area (Å²) in [7, 11) is 3.53. The highest BCUT2D eigenvalue weighted by atomic mass is 16.5. The molecule has 6 nitrogen and oxygen atoms in total. The fourth-order valence-electron chi connectivity index (χ4n) is 3.36. The smallest absolute Gasteiger partial charge is 0.248 e. The number of pyridine rings is 1. The first-order valence-electron chi connectivity index (χ1n) is 8.30. The van der Waals surface area contributed by atoms with Crippen LogP contribution in [0.4, 0.5) is 0 Å². The van der Waals surface area contributed by atoms with E-state index in [0.717, 1.165) is 44.8 Å². The van der Waals surface area contributed by atoms with E-state index in [4.69, 9.17) is 4.74 Å². The summed E-state index contributed by atoms with van der Waals surface area (Å²) < 4.78 is 5.81. The molecule has 2 aliphatic rings. The molecule has 2 fully saturated rings. The molecule has 0 radical (unpaired) electrons. The monoisotopic (exact) mass is 318 g/mol. The SMILES string of the molecule is CN(C)C(=O)CO[C@@H]1C[C@H]2CN(Cc3ccccn3)CCN2C1. The Morgan fingerprint density at radius 1 is 1.35 bits per heavy atom. The van der Waals surface area contributed by atoms with E-state index in [-0.39, 0.29) is 18.6 Å². The Labute approximate surface area is 138 Å². The second-order valence-corrected chi connectivity index (χ2v) is 6.66. The molecule has 2 aliphatic heterocycles. The summed E-state index contributed by atoms with van der Waals surface area (Å²) in [5.74, 6) is 0.0339. The number of amides is 1. The van der Waals surface area contributed by atoms with E-state index in [2.05, 4.69) is 20.9 Å². The molecular weight excluding hydrogens is 292 g/mol. The number of ether oxygens (including phenoxy) is 1. The summed E-state index contributed by atoms with van der Waals surface area (Å²) in [6.07, 6.45) is 3.05. The largest absolute Gasteiger partial charge is 0.367 e. The van der Waals surface area contributed by atoms with E-state index in [1.165, 1.54) is 0 Å². The Hall–Kier alpha value is -1.50. The molecule has 0 aliphatic carbocycles. The fourth-order valence-corrected chi connectivity index (χ4v) is 3.36. The van der Waals surface area contributed by atoms with Crippen LogP contribution < -0.4 is 0 Å². The molecule has 0 N–H and O–H groups in total. The Morgan fingerprint density at radius 2 is 2.22 bits per heavy atom. The highest BCUT2D eigenvalue weighted by Gasteiger charge is 2.36. The molecule has 0 saturated carbocycles. The number of carbonyl (C=O) groups excluding carboxylic acids is 1. The van der Waals surface area contributed by atoms with Gasteiger partial charge in [-0.05, 0) is 18.6 Å². The lowest BCUT2D eigenvalue weighted by Crippen LogP contribution is -2.49. The molecular formula is C17H26N4O2. The van der Waals surface area contributed by atoms with Gasteiger partial charge in [-0.3, -0.25) is 19.6 Å². The third-order valence-electron chi connectivity index (χ3n) is 4.71. The maximum Gasteiger partial charge on any atom is 0.248 e. The molecule has 1 aromatic heterocycles. The minimum Gasteiger partial charge on any atom is -0.367 e. The van der Waals surface area contributed by atoms with Gasteiger partial charge in [-0.25, -0.2) is 0 Å². The van der Waals surface area contributed by atoms with Crippen molar-refractivity contribution < 1.29 is 9.53 Å². The van der Waals surface area contributed by atoms with Gasteiger partial charge in [-0.15, -0.1) is 0 Å². The van der Waals surface area contributed by atoms with Crippen LogP contribution in [0.2, 0.25) is 0 Å². The fraction of sp³-hybridized carbons (Fsp3) is 0.647. The van der Waals surface area contributed by atoms with Crippen LogP contribution >= 0.6 is 0 Å². The first kappa shape index (κ1) is 16.4. The maximum atomic E-state index is 11.6. The number of hydrogen-bond donors (Lipinski definition) is 0. The minimum absolute atomic E-state index is 0.0339. The van der Waals surface area contributed by atoms with E-state index in [1.807, 2.05) is 18.3 Å². The van der Waals surface area contributed by atoms with Crippen molar-refractivity contribution in [1.29, 1.82) is 0 Å². The van der Waals surface area contributed by atoms with Crippen LogP contribution in [-0.2, 0) is 16.1 Å². The average molecular weight is 318 g/mol. The number of aromatic nitrogens is 1. The van der Waals surface area contributed by atoms with Crippen molar-refractivity contribution >= 4 is 5.91 Å².